The SMILES string of the molecule is Cc1cc(OCc2ccc(C(=O)Nc3nn(Cc4ccc(F)cc4)cc3Cl)o2)c(C(C)C)cc1Cl. The number of aromatic nitrogens is 2. The van der Waals surface area contributed by atoms with Crippen LogP contribution >= 0.6 is 23.2 Å². The molecule has 0 radical (unpaired) electrons. The number of amides is 1. The maximum absolute atomic E-state index is 13.1. The van der Waals surface area contributed by atoms with Crippen LogP contribution in [0.25, 0.3) is 0 Å². The summed E-state index contributed by atoms with van der Waals surface area (Å²) < 4.78 is 26.3. The van der Waals surface area contributed by atoms with Gasteiger partial charge in [0.1, 0.15) is 29.0 Å². The molecule has 0 aliphatic rings. The third-order valence-corrected chi connectivity index (χ3v) is 6.06. The zero-order chi connectivity index (χ0) is 25.1. The Hall–Kier alpha value is -3.29. The van der Waals surface area contributed by atoms with Crippen LogP contribution < -0.4 is 10.1 Å². The molecule has 182 valence electrons. The third kappa shape index (κ3) is 6.05. The number of halogens is 3. The van der Waals surface area contributed by atoms with E-state index in [4.69, 9.17) is 32.4 Å². The highest BCUT2D eigenvalue weighted by Crippen LogP contribution is 2.32. The summed E-state index contributed by atoms with van der Waals surface area (Å²) in [5.41, 5.74) is 2.76. The summed E-state index contributed by atoms with van der Waals surface area (Å²) in [6, 6.07) is 13.1. The number of furan rings is 1. The first-order chi connectivity index (χ1) is 16.7. The van der Waals surface area contributed by atoms with Gasteiger partial charge in [0.15, 0.2) is 11.6 Å². The van der Waals surface area contributed by atoms with Gasteiger partial charge >= 0.3 is 0 Å². The van der Waals surface area contributed by atoms with Crippen LogP contribution in [0.4, 0.5) is 10.2 Å². The molecule has 2 aromatic heterocycles. The van der Waals surface area contributed by atoms with Gasteiger partial charge in [0.25, 0.3) is 5.91 Å². The summed E-state index contributed by atoms with van der Waals surface area (Å²) in [5.74, 6) is 0.944. The molecule has 0 saturated carbocycles. The Labute approximate surface area is 212 Å². The molecule has 0 saturated heterocycles. The van der Waals surface area contributed by atoms with Crippen LogP contribution in [0.5, 0.6) is 5.75 Å². The van der Waals surface area contributed by atoms with Gasteiger partial charge in [-0.25, -0.2) is 4.39 Å². The molecule has 1 N–H and O–H groups in total. The second-order valence-corrected chi connectivity index (χ2v) is 9.27. The van der Waals surface area contributed by atoms with Crippen LogP contribution in [0.1, 0.15) is 52.8 Å². The Morgan fingerprint density at radius 2 is 1.89 bits per heavy atom. The molecular formula is C26H24Cl2FN3O3. The van der Waals surface area contributed by atoms with Crippen LogP contribution in [0.15, 0.2) is 59.1 Å². The van der Waals surface area contributed by atoms with E-state index >= 15 is 0 Å². The predicted octanol–water partition coefficient (Wildman–Crippen LogP) is 7.23. The zero-order valence-corrected chi connectivity index (χ0v) is 21.0. The minimum Gasteiger partial charge on any atom is -0.485 e. The summed E-state index contributed by atoms with van der Waals surface area (Å²) in [6.07, 6.45) is 1.59. The van der Waals surface area contributed by atoms with Crippen LogP contribution in [0, 0.1) is 12.7 Å². The lowest BCUT2D eigenvalue weighted by atomic mass is 10.0. The molecule has 2 aromatic carbocycles. The first kappa shape index (κ1) is 24.8. The molecule has 1 amide bonds. The lowest BCUT2D eigenvalue weighted by molar-refractivity contribution is 0.0992. The van der Waals surface area contributed by atoms with Gasteiger partial charge in [-0.1, -0.05) is 49.2 Å². The highest BCUT2D eigenvalue weighted by molar-refractivity contribution is 6.33. The number of ether oxygens (including phenoxy) is 1. The number of aryl methyl sites for hydroxylation is 1. The molecule has 9 heteroatoms. The molecule has 6 nitrogen and oxygen atoms in total. The lowest BCUT2D eigenvalue weighted by Crippen LogP contribution is -2.12. The Balaban J connectivity index is 1.40. The largest absolute Gasteiger partial charge is 0.485 e. The Morgan fingerprint density at radius 3 is 2.60 bits per heavy atom. The van der Waals surface area contributed by atoms with E-state index in [1.54, 1.807) is 35.1 Å². The second kappa shape index (κ2) is 10.5. The molecular weight excluding hydrogens is 492 g/mol. The van der Waals surface area contributed by atoms with Crippen molar-refractivity contribution in [1.82, 2.24) is 9.78 Å². The van der Waals surface area contributed by atoms with E-state index in [2.05, 4.69) is 24.3 Å². The van der Waals surface area contributed by atoms with Crippen LogP contribution in [-0.4, -0.2) is 15.7 Å². The monoisotopic (exact) mass is 515 g/mol. The minimum absolute atomic E-state index is 0.101. The van der Waals surface area contributed by atoms with Gasteiger partial charge < -0.3 is 14.5 Å². The van der Waals surface area contributed by atoms with E-state index in [9.17, 15) is 9.18 Å². The quantitative estimate of drug-likeness (QED) is 0.268. The average molecular weight is 516 g/mol. The van der Waals surface area contributed by atoms with Crippen molar-refractivity contribution in [1.29, 1.82) is 0 Å². The molecule has 0 aliphatic carbocycles. The van der Waals surface area contributed by atoms with Crippen molar-refractivity contribution in [3.63, 3.8) is 0 Å². The molecule has 0 atom stereocenters. The smallest absolute Gasteiger partial charge is 0.292 e. The van der Waals surface area contributed by atoms with Gasteiger partial charge in [-0.2, -0.15) is 5.10 Å². The van der Waals surface area contributed by atoms with Gasteiger partial charge in [-0.3, -0.25) is 9.48 Å². The fourth-order valence-electron chi connectivity index (χ4n) is 3.48. The van der Waals surface area contributed by atoms with Gasteiger partial charge in [0.2, 0.25) is 0 Å². The van der Waals surface area contributed by atoms with Gasteiger partial charge in [0, 0.05) is 11.2 Å². The van der Waals surface area contributed by atoms with Crippen molar-refractivity contribution in [3.05, 3.63) is 98.8 Å². The van der Waals surface area contributed by atoms with Crippen LogP contribution in [-0.2, 0) is 13.2 Å². The van der Waals surface area contributed by atoms with Crippen molar-refractivity contribution in [2.24, 2.45) is 0 Å². The van der Waals surface area contributed by atoms with Crippen molar-refractivity contribution in [3.8, 4) is 5.75 Å². The number of hydrogen-bond acceptors (Lipinski definition) is 4. The van der Waals surface area contributed by atoms with Gasteiger partial charge in [-0.05, 0) is 65.9 Å². The number of nitrogens with one attached hydrogen (secondary N) is 1. The fourth-order valence-corrected chi connectivity index (χ4v) is 3.85. The number of rotatable bonds is 8. The van der Waals surface area contributed by atoms with Crippen molar-refractivity contribution in [2.75, 3.05) is 5.32 Å². The first-order valence-corrected chi connectivity index (χ1v) is 11.8. The highest BCUT2D eigenvalue weighted by atomic mass is 35.5. The van der Waals surface area contributed by atoms with Crippen LogP contribution in [0.3, 0.4) is 0 Å². The molecule has 0 fully saturated rings. The van der Waals surface area contributed by atoms with E-state index in [1.807, 2.05) is 19.1 Å². The van der Waals surface area contributed by atoms with E-state index in [-0.39, 0.29) is 34.9 Å². The standard InChI is InChI=1S/C26H24Cl2FN3O3/c1-15(2)20-11-21(27)16(3)10-24(20)34-14-19-8-9-23(35-19)26(33)30-25-22(28)13-32(31-25)12-17-4-6-18(29)7-5-17/h4-11,13,15H,12,14H2,1-3H3,(H,30,31,33). The molecule has 0 aliphatic heterocycles. The molecule has 0 spiro atoms. The summed E-state index contributed by atoms with van der Waals surface area (Å²) in [6.45, 7) is 6.58. The topological polar surface area (TPSA) is 69.3 Å². The van der Waals surface area contributed by atoms with Gasteiger partial charge in [-0.15, -0.1) is 0 Å². The fraction of sp³-hybridized carbons (Fsp3) is 0.231. The number of nitrogens with zero attached hydrogens (tertiary/aromatic N) is 2. The van der Waals surface area contributed by atoms with Gasteiger partial charge in [0.05, 0.1) is 6.54 Å². The summed E-state index contributed by atoms with van der Waals surface area (Å²) in [7, 11) is 0. The van der Waals surface area contributed by atoms with Crippen molar-refractivity contribution >= 4 is 34.9 Å². The zero-order valence-electron chi connectivity index (χ0n) is 19.4. The third-order valence-electron chi connectivity index (χ3n) is 5.38. The Kier molecular flexibility index (Phi) is 7.48. The maximum Gasteiger partial charge on any atom is 0.292 e. The van der Waals surface area contributed by atoms with E-state index < -0.39 is 5.91 Å². The highest BCUT2D eigenvalue weighted by Gasteiger charge is 2.17. The number of carbonyl (C=O) groups is 1. The molecule has 0 bridgehead atoms. The summed E-state index contributed by atoms with van der Waals surface area (Å²) >= 11 is 12.5. The second-order valence-electron chi connectivity index (χ2n) is 8.45. The number of carbonyl (C=O) groups excluding carboxylic acids is 1. The van der Waals surface area contributed by atoms with E-state index in [0.717, 1.165) is 22.4 Å². The first-order valence-electron chi connectivity index (χ1n) is 11.0. The summed E-state index contributed by atoms with van der Waals surface area (Å²) in [4.78, 5) is 12.7. The van der Waals surface area contributed by atoms with Crippen LogP contribution in [0.2, 0.25) is 10.0 Å². The minimum atomic E-state index is -0.490. The maximum atomic E-state index is 13.1. The van der Waals surface area contributed by atoms with E-state index in [0.29, 0.717) is 17.3 Å². The molecule has 4 aromatic rings. The van der Waals surface area contributed by atoms with Crippen molar-refractivity contribution in [2.45, 2.75) is 39.8 Å². The van der Waals surface area contributed by atoms with E-state index in [1.165, 1.54) is 12.1 Å². The lowest BCUT2D eigenvalue weighted by Gasteiger charge is -2.15. The Bertz CT molecular complexity index is 1350. The molecule has 2 heterocycles. The number of benzene rings is 2. The Morgan fingerprint density at radius 1 is 1.14 bits per heavy atom. The molecule has 4 rings (SSSR count). The molecule has 0 unspecified atom stereocenters. The number of anilines is 1. The average Bonchev–Trinajstić information content (AvgIpc) is 3.42. The number of hydrogen-bond donors (Lipinski definition) is 1. The van der Waals surface area contributed by atoms with Crippen molar-refractivity contribution < 1.29 is 18.3 Å². The summed E-state index contributed by atoms with van der Waals surface area (Å²) in [5, 5.41) is 7.92. The predicted molar refractivity (Wildman–Crippen MR) is 134 cm³/mol. The molecule has 35 heavy (non-hydrogen) atoms. The normalized spacial score (nSPS) is 11.2.